The van der Waals surface area contributed by atoms with E-state index in [0.717, 1.165) is 16.8 Å². The smallest absolute Gasteiger partial charge is 0.345 e. The number of oxime groups is 1. The van der Waals surface area contributed by atoms with Crippen LogP contribution in [0.25, 0.3) is 0 Å². The minimum Gasteiger partial charge on any atom is -0.411 e. The van der Waals surface area contributed by atoms with Crippen LogP contribution in [0.2, 0.25) is 0 Å². The molecule has 2 aliphatic rings. The van der Waals surface area contributed by atoms with E-state index in [2.05, 4.69) is 10.3 Å². The van der Waals surface area contributed by atoms with Crippen LogP contribution in [0.15, 0.2) is 41.7 Å². The first-order valence-corrected chi connectivity index (χ1v) is 8.09. The van der Waals surface area contributed by atoms with E-state index in [1.165, 1.54) is 5.06 Å². The molecule has 0 saturated carbocycles. The number of hydrogen-bond acceptors (Lipinski definition) is 5. The number of hydroxylamine groups is 2. The molecule has 3 heterocycles. The molecule has 2 amide bonds. The van der Waals surface area contributed by atoms with Crippen LogP contribution < -0.4 is 0 Å². The van der Waals surface area contributed by atoms with Gasteiger partial charge in [-0.15, -0.1) is 0 Å². The van der Waals surface area contributed by atoms with E-state index in [-0.39, 0.29) is 12.1 Å². The summed E-state index contributed by atoms with van der Waals surface area (Å²) in [5.74, 6) is 0. The number of rotatable bonds is 4. The van der Waals surface area contributed by atoms with Gasteiger partial charge in [-0.1, -0.05) is 35.5 Å². The molecule has 0 radical (unpaired) electrons. The molecule has 25 heavy (non-hydrogen) atoms. The average molecular weight is 341 g/mol. The Hall–Kier alpha value is -2.87. The van der Waals surface area contributed by atoms with Crippen LogP contribution in [0.1, 0.15) is 35.8 Å². The zero-order valence-electron chi connectivity index (χ0n) is 14.0. The molecule has 0 spiro atoms. The standard InChI is InChI=1S/C17H19N5O3/c1-11(19-24)15-16-13(8-18-20(16)2)14-9-21(15)17(23)22(14)25-10-12-6-4-3-5-7-12/h3-8,14-15,24H,9-10H2,1-2H3/b19-11+/t14-,15+/m0/s1. The predicted octanol–water partition coefficient (Wildman–Crippen LogP) is 2.24. The highest BCUT2D eigenvalue weighted by atomic mass is 16.7. The second kappa shape index (κ2) is 5.89. The Bertz CT molecular complexity index is 832. The van der Waals surface area contributed by atoms with Crippen LogP contribution in [0, 0.1) is 0 Å². The molecular formula is C17H19N5O3. The maximum Gasteiger partial charge on any atom is 0.345 e. The van der Waals surface area contributed by atoms with Crippen molar-refractivity contribution in [1.29, 1.82) is 0 Å². The number of aryl methyl sites for hydroxylation is 1. The van der Waals surface area contributed by atoms with Crippen LogP contribution in [0.4, 0.5) is 4.79 Å². The van der Waals surface area contributed by atoms with Crippen molar-refractivity contribution < 1.29 is 14.8 Å². The molecule has 2 atom stereocenters. The van der Waals surface area contributed by atoms with Crippen molar-refractivity contribution in [3.05, 3.63) is 53.3 Å². The summed E-state index contributed by atoms with van der Waals surface area (Å²) < 4.78 is 1.72. The Balaban J connectivity index is 1.66. The molecular weight excluding hydrogens is 322 g/mol. The van der Waals surface area contributed by atoms with E-state index in [9.17, 15) is 10.0 Å². The number of hydrogen-bond donors (Lipinski definition) is 1. The summed E-state index contributed by atoms with van der Waals surface area (Å²) in [6, 6.07) is 8.81. The second-order valence-electron chi connectivity index (χ2n) is 6.29. The largest absolute Gasteiger partial charge is 0.411 e. The normalized spacial score (nSPS) is 22.5. The molecule has 2 aromatic rings. The molecule has 130 valence electrons. The number of carbonyl (C=O) groups is 1. The van der Waals surface area contributed by atoms with Gasteiger partial charge in [-0.05, 0) is 12.5 Å². The Morgan fingerprint density at radius 3 is 2.88 bits per heavy atom. The molecule has 1 fully saturated rings. The number of urea groups is 1. The maximum absolute atomic E-state index is 12.9. The molecule has 8 heteroatoms. The molecule has 2 bridgehead atoms. The van der Waals surface area contributed by atoms with Crippen LogP contribution in [0.5, 0.6) is 0 Å². The number of benzene rings is 1. The predicted molar refractivity (Wildman–Crippen MR) is 88.8 cm³/mol. The molecule has 1 aromatic heterocycles. The first-order chi connectivity index (χ1) is 12.1. The number of nitrogens with zero attached hydrogens (tertiary/aromatic N) is 5. The Labute approximate surface area is 144 Å². The third-order valence-electron chi connectivity index (χ3n) is 4.80. The van der Waals surface area contributed by atoms with Crippen LogP contribution >= 0.6 is 0 Å². The first kappa shape index (κ1) is 15.6. The van der Waals surface area contributed by atoms with E-state index >= 15 is 0 Å². The van der Waals surface area contributed by atoms with E-state index in [0.29, 0.717) is 18.9 Å². The van der Waals surface area contributed by atoms with Crippen molar-refractivity contribution in [1.82, 2.24) is 19.7 Å². The highest BCUT2D eigenvalue weighted by molar-refractivity contribution is 5.93. The molecule has 0 unspecified atom stereocenters. The van der Waals surface area contributed by atoms with Crippen LogP contribution in [0.3, 0.4) is 0 Å². The third-order valence-corrected chi connectivity index (χ3v) is 4.80. The molecule has 1 saturated heterocycles. The summed E-state index contributed by atoms with van der Waals surface area (Å²) in [5.41, 5.74) is 3.21. The first-order valence-electron chi connectivity index (χ1n) is 8.09. The lowest BCUT2D eigenvalue weighted by Crippen LogP contribution is -2.38. The number of fused-ring (bicyclic) bond motifs is 4. The highest BCUT2D eigenvalue weighted by Crippen LogP contribution is 2.44. The Kier molecular flexibility index (Phi) is 3.69. The summed E-state index contributed by atoms with van der Waals surface area (Å²) in [7, 11) is 1.82. The van der Waals surface area contributed by atoms with Crippen molar-refractivity contribution in [2.45, 2.75) is 25.6 Å². The third kappa shape index (κ3) is 2.37. The summed E-state index contributed by atoms with van der Waals surface area (Å²) >= 11 is 0. The molecule has 0 aliphatic carbocycles. The monoisotopic (exact) mass is 341 g/mol. The van der Waals surface area contributed by atoms with Crippen LogP contribution in [-0.4, -0.2) is 43.2 Å². The number of carbonyl (C=O) groups excluding carboxylic acids is 1. The van der Waals surface area contributed by atoms with E-state index in [4.69, 9.17) is 4.84 Å². The fourth-order valence-corrected chi connectivity index (χ4v) is 3.58. The molecule has 8 nitrogen and oxygen atoms in total. The summed E-state index contributed by atoms with van der Waals surface area (Å²) in [6.07, 6.45) is 1.76. The lowest BCUT2D eigenvalue weighted by Gasteiger charge is -2.30. The van der Waals surface area contributed by atoms with Gasteiger partial charge in [0.2, 0.25) is 0 Å². The Morgan fingerprint density at radius 1 is 1.40 bits per heavy atom. The van der Waals surface area contributed by atoms with Gasteiger partial charge < -0.3 is 10.1 Å². The van der Waals surface area contributed by atoms with Gasteiger partial charge in [-0.3, -0.25) is 9.52 Å². The van der Waals surface area contributed by atoms with Crippen molar-refractivity contribution in [2.75, 3.05) is 6.54 Å². The highest BCUT2D eigenvalue weighted by Gasteiger charge is 2.51. The van der Waals surface area contributed by atoms with Crippen molar-refractivity contribution in [3.63, 3.8) is 0 Å². The SMILES string of the molecule is C/C(=N\O)[C@@H]1c2c(cnn2C)[C@@H]2CN1C(=O)N2OCc1ccccc1. The van der Waals surface area contributed by atoms with E-state index < -0.39 is 6.04 Å². The topological polar surface area (TPSA) is 83.2 Å². The molecule has 2 aliphatic heterocycles. The lowest BCUT2D eigenvalue weighted by atomic mass is 9.95. The summed E-state index contributed by atoms with van der Waals surface area (Å²) in [6.45, 7) is 2.48. The quantitative estimate of drug-likeness (QED) is 0.525. The van der Waals surface area contributed by atoms with Gasteiger partial charge in [-0.25, -0.2) is 4.79 Å². The molecule has 1 aromatic carbocycles. The average Bonchev–Trinajstić information content (AvgIpc) is 3.15. The van der Waals surface area contributed by atoms with Gasteiger partial charge in [-0.2, -0.15) is 10.2 Å². The molecule has 4 rings (SSSR count). The lowest BCUT2D eigenvalue weighted by molar-refractivity contribution is -0.141. The van der Waals surface area contributed by atoms with Gasteiger partial charge in [0.05, 0.1) is 24.1 Å². The van der Waals surface area contributed by atoms with Gasteiger partial charge in [0, 0.05) is 12.6 Å². The van der Waals surface area contributed by atoms with Gasteiger partial charge in [0.25, 0.3) is 0 Å². The van der Waals surface area contributed by atoms with Gasteiger partial charge in [0.1, 0.15) is 18.7 Å². The summed E-state index contributed by atoms with van der Waals surface area (Å²) in [5, 5.41) is 18.3. The fourth-order valence-electron chi connectivity index (χ4n) is 3.58. The van der Waals surface area contributed by atoms with Crippen molar-refractivity contribution in [2.24, 2.45) is 12.2 Å². The second-order valence-corrected chi connectivity index (χ2v) is 6.29. The zero-order chi connectivity index (χ0) is 17.6. The Morgan fingerprint density at radius 2 is 2.16 bits per heavy atom. The number of aromatic nitrogens is 2. The molecule has 1 N–H and O–H groups in total. The number of amides is 2. The van der Waals surface area contributed by atoms with Crippen LogP contribution in [-0.2, 0) is 18.5 Å². The maximum atomic E-state index is 12.9. The fraction of sp³-hybridized carbons (Fsp3) is 0.353. The van der Waals surface area contributed by atoms with E-state index in [1.807, 2.05) is 37.4 Å². The van der Waals surface area contributed by atoms with Gasteiger partial charge in [0.15, 0.2) is 0 Å². The summed E-state index contributed by atoms with van der Waals surface area (Å²) in [4.78, 5) is 20.4. The van der Waals surface area contributed by atoms with Crippen molar-refractivity contribution >= 4 is 11.7 Å². The van der Waals surface area contributed by atoms with Crippen molar-refractivity contribution in [3.8, 4) is 0 Å². The minimum absolute atomic E-state index is 0.220. The zero-order valence-corrected chi connectivity index (χ0v) is 14.0. The van der Waals surface area contributed by atoms with E-state index in [1.54, 1.807) is 22.7 Å². The van der Waals surface area contributed by atoms with Gasteiger partial charge >= 0.3 is 6.03 Å². The minimum atomic E-state index is -0.443.